The Balaban J connectivity index is 2.23. The van der Waals surface area contributed by atoms with E-state index in [9.17, 15) is 4.79 Å². The number of aromatic nitrogens is 2. The van der Waals surface area contributed by atoms with Crippen molar-refractivity contribution >= 4 is 39.1 Å². The number of nitrogens with one attached hydrogen (secondary N) is 1. The molecule has 1 heterocycles. The normalized spacial score (nSPS) is 10.4. The van der Waals surface area contributed by atoms with Crippen molar-refractivity contribution in [3.05, 3.63) is 45.1 Å². The number of nitrogens with zero attached hydrogens (tertiary/aromatic N) is 2. The molecule has 94 valence electrons. The highest BCUT2D eigenvalue weighted by Gasteiger charge is 2.12. The molecule has 0 saturated heterocycles. The Kier molecular flexibility index (Phi) is 3.73. The fourth-order valence-electron chi connectivity index (χ4n) is 1.45. The SMILES string of the molecule is Cc1cc(C(=O)Nc2cc(Br)ccc2Cl)nn1C. The number of carbonyl (C=O) groups excluding carboxylic acids is 1. The maximum atomic E-state index is 12.0. The highest BCUT2D eigenvalue weighted by Crippen LogP contribution is 2.26. The van der Waals surface area contributed by atoms with Crippen LogP contribution in [0, 0.1) is 6.92 Å². The third-order valence-corrected chi connectivity index (χ3v) is 3.35. The number of carbonyl (C=O) groups is 1. The summed E-state index contributed by atoms with van der Waals surface area (Å²) in [5, 5.41) is 7.32. The first-order chi connectivity index (χ1) is 8.47. The zero-order valence-electron chi connectivity index (χ0n) is 9.87. The van der Waals surface area contributed by atoms with Gasteiger partial charge in [0.2, 0.25) is 0 Å². The molecule has 0 unspecified atom stereocenters. The molecule has 1 aromatic heterocycles. The van der Waals surface area contributed by atoms with E-state index in [0.717, 1.165) is 10.2 Å². The monoisotopic (exact) mass is 327 g/mol. The van der Waals surface area contributed by atoms with Crippen molar-refractivity contribution in [3.8, 4) is 0 Å². The van der Waals surface area contributed by atoms with Crippen LogP contribution in [0.1, 0.15) is 16.2 Å². The zero-order chi connectivity index (χ0) is 13.3. The van der Waals surface area contributed by atoms with E-state index in [1.807, 2.05) is 13.0 Å². The third-order valence-electron chi connectivity index (χ3n) is 2.52. The fraction of sp³-hybridized carbons (Fsp3) is 0.167. The lowest BCUT2D eigenvalue weighted by Gasteiger charge is -2.05. The summed E-state index contributed by atoms with van der Waals surface area (Å²) in [6.45, 7) is 1.88. The Hall–Kier alpha value is -1.33. The van der Waals surface area contributed by atoms with E-state index in [0.29, 0.717) is 16.4 Å². The van der Waals surface area contributed by atoms with Crippen molar-refractivity contribution in [1.29, 1.82) is 0 Å². The van der Waals surface area contributed by atoms with Crippen molar-refractivity contribution in [2.45, 2.75) is 6.92 Å². The van der Waals surface area contributed by atoms with Gasteiger partial charge in [-0.2, -0.15) is 5.10 Å². The summed E-state index contributed by atoms with van der Waals surface area (Å²) in [6, 6.07) is 6.99. The van der Waals surface area contributed by atoms with E-state index in [4.69, 9.17) is 11.6 Å². The second-order valence-electron chi connectivity index (χ2n) is 3.87. The van der Waals surface area contributed by atoms with Gasteiger partial charge in [0.1, 0.15) is 0 Å². The molecule has 0 atom stereocenters. The van der Waals surface area contributed by atoms with Gasteiger partial charge in [-0.15, -0.1) is 0 Å². The minimum absolute atomic E-state index is 0.279. The molecule has 0 fully saturated rings. The van der Waals surface area contributed by atoms with Gasteiger partial charge in [0.15, 0.2) is 5.69 Å². The van der Waals surface area contributed by atoms with E-state index < -0.39 is 0 Å². The highest BCUT2D eigenvalue weighted by atomic mass is 79.9. The molecule has 18 heavy (non-hydrogen) atoms. The minimum atomic E-state index is -0.279. The van der Waals surface area contributed by atoms with Crippen molar-refractivity contribution in [3.63, 3.8) is 0 Å². The van der Waals surface area contributed by atoms with Crippen LogP contribution in [0.2, 0.25) is 5.02 Å². The Bertz CT molecular complexity index is 590. The largest absolute Gasteiger partial charge is 0.319 e. The van der Waals surface area contributed by atoms with Crippen LogP contribution < -0.4 is 5.32 Å². The fourth-order valence-corrected chi connectivity index (χ4v) is 1.98. The number of benzene rings is 1. The van der Waals surface area contributed by atoms with Gasteiger partial charge in [0.05, 0.1) is 10.7 Å². The van der Waals surface area contributed by atoms with Gasteiger partial charge in [0, 0.05) is 17.2 Å². The molecule has 1 amide bonds. The van der Waals surface area contributed by atoms with E-state index in [-0.39, 0.29) is 5.91 Å². The molecule has 0 spiro atoms. The average molecular weight is 329 g/mol. The van der Waals surface area contributed by atoms with E-state index in [1.165, 1.54) is 0 Å². The summed E-state index contributed by atoms with van der Waals surface area (Å²) in [5.41, 5.74) is 1.84. The predicted molar refractivity (Wildman–Crippen MR) is 75.1 cm³/mol. The number of amides is 1. The molecular formula is C12H11BrClN3O. The van der Waals surface area contributed by atoms with Crippen molar-refractivity contribution in [2.75, 3.05) is 5.32 Å². The smallest absolute Gasteiger partial charge is 0.276 e. The lowest BCUT2D eigenvalue weighted by atomic mass is 10.3. The quantitative estimate of drug-likeness (QED) is 0.918. The lowest BCUT2D eigenvalue weighted by Crippen LogP contribution is -2.13. The molecule has 2 rings (SSSR count). The van der Waals surface area contributed by atoms with Crippen LogP contribution in [0.15, 0.2) is 28.7 Å². The molecule has 1 N–H and O–H groups in total. The highest BCUT2D eigenvalue weighted by molar-refractivity contribution is 9.10. The minimum Gasteiger partial charge on any atom is -0.319 e. The van der Waals surface area contributed by atoms with Crippen LogP contribution in [0.3, 0.4) is 0 Å². The molecule has 0 bridgehead atoms. The van der Waals surface area contributed by atoms with E-state index in [2.05, 4.69) is 26.3 Å². The summed E-state index contributed by atoms with van der Waals surface area (Å²) in [7, 11) is 1.79. The third kappa shape index (κ3) is 2.73. The van der Waals surface area contributed by atoms with Gasteiger partial charge in [-0.1, -0.05) is 27.5 Å². The molecular weight excluding hydrogens is 318 g/mol. The Morgan fingerprint density at radius 2 is 2.17 bits per heavy atom. The van der Waals surface area contributed by atoms with Gasteiger partial charge in [-0.25, -0.2) is 0 Å². The Morgan fingerprint density at radius 3 is 2.78 bits per heavy atom. The van der Waals surface area contributed by atoms with Crippen LogP contribution in [-0.4, -0.2) is 15.7 Å². The molecule has 0 saturated carbocycles. The maximum absolute atomic E-state index is 12.0. The number of rotatable bonds is 2. The van der Waals surface area contributed by atoms with E-state index in [1.54, 1.807) is 29.9 Å². The topological polar surface area (TPSA) is 46.9 Å². The van der Waals surface area contributed by atoms with Crippen molar-refractivity contribution in [1.82, 2.24) is 9.78 Å². The van der Waals surface area contributed by atoms with Gasteiger partial charge < -0.3 is 5.32 Å². The maximum Gasteiger partial charge on any atom is 0.276 e. The number of anilines is 1. The standard InChI is InChI=1S/C12H11BrClN3O/c1-7-5-11(16-17(7)2)12(18)15-10-6-8(13)3-4-9(10)14/h3-6H,1-2H3,(H,15,18). The molecule has 0 radical (unpaired) electrons. The van der Waals surface area contributed by atoms with Gasteiger partial charge in [0.25, 0.3) is 5.91 Å². The van der Waals surface area contributed by atoms with E-state index >= 15 is 0 Å². The number of hydrogen-bond acceptors (Lipinski definition) is 2. The number of halogens is 2. The van der Waals surface area contributed by atoms with Crippen LogP contribution in [0.4, 0.5) is 5.69 Å². The van der Waals surface area contributed by atoms with Gasteiger partial charge in [-0.3, -0.25) is 9.48 Å². The molecule has 1 aromatic carbocycles. The first kappa shape index (κ1) is 13.1. The van der Waals surface area contributed by atoms with Crippen LogP contribution in [0.5, 0.6) is 0 Å². The number of aryl methyl sites for hydroxylation is 2. The second kappa shape index (κ2) is 5.12. The summed E-state index contributed by atoms with van der Waals surface area (Å²) < 4.78 is 2.50. The predicted octanol–water partition coefficient (Wildman–Crippen LogP) is 3.40. The zero-order valence-corrected chi connectivity index (χ0v) is 12.2. The summed E-state index contributed by atoms with van der Waals surface area (Å²) >= 11 is 9.33. The average Bonchev–Trinajstić information content (AvgIpc) is 2.64. The lowest BCUT2D eigenvalue weighted by molar-refractivity contribution is 0.102. The summed E-state index contributed by atoms with van der Waals surface area (Å²) in [5.74, 6) is -0.279. The van der Waals surface area contributed by atoms with Crippen molar-refractivity contribution in [2.24, 2.45) is 7.05 Å². The summed E-state index contributed by atoms with van der Waals surface area (Å²) in [6.07, 6.45) is 0. The molecule has 2 aromatic rings. The first-order valence-electron chi connectivity index (χ1n) is 5.24. The molecule has 0 aliphatic carbocycles. The van der Waals surface area contributed by atoms with Crippen LogP contribution in [-0.2, 0) is 7.05 Å². The first-order valence-corrected chi connectivity index (χ1v) is 6.41. The molecule has 4 nitrogen and oxygen atoms in total. The van der Waals surface area contributed by atoms with Crippen LogP contribution in [0.25, 0.3) is 0 Å². The number of hydrogen-bond donors (Lipinski definition) is 1. The van der Waals surface area contributed by atoms with Crippen LogP contribution >= 0.6 is 27.5 Å². The van der Waals surface area contributed by atoms with Gasteiger partial charge in [-0.05, 0) is 31.2 Å². The summed E-state index contributed by atoms with van der Waals surface area (Å²) in [4.78, 5) is 12.0. The Morgan fingerprint density at radius 1 is 1.44 bits per heavy atom. The molecule has 0 aliphatic rings. The second-order valence-corrected chi connectivity index (χ2v) is 5.20. The molecule has 6 heteroatoms. The van der Waals surface area contributed by atoms with Gasteiger partial charge >= 0.3 is 0 Å². The molecule has 0 aliphatic heterocycles. The van der Waals surface area contributed by atoms with Crippen molar-refractivity contribution < 1.29 is 4.79 Å². The Labute approximate surface area is 118 Å².